The summed E-state index contributed by atoms with van der Waals surface area (Å²) in [5.41, 5.74) is -0.610. The highest BCUT2D eigenvalue weighted by molar-refractivity contribution is 7.92. The fraction of sp³-hybridized carbons (Fsp3) is 0. The molecule has 6 nitrogen and oxygen atoms in total. The molecule has 1 N–H and O–H groups in total. The van der Waals surface area contributed by atoms with E-state index in [1.807, 2.05) is 4.72 Å². The van der Waals surface area contributed by atoms with Crippen LogP contribution < -0.4 is 4.72 Å². The summed E-state index contributed by atoms with van der Waals surface area (Å²) in [6, 6.07) is 4.72. The molecule has 108 valence electrons. The van der Waals surface area contributed by atoms with Gasteiger partial charge in [0.2, 0.25) is 0 Å². The Bertz CT molecular complexity index is 852. The van der Waals surface area contributed by atoms with Crippen molar-refractivity contribution in [3.8, 4) is 6.07 Å². The van der Waals surface area contributed by atoms with E-state index in [0.29, 0.717) is 0 Å². The van der Waals surface area contributed by atoms with Gasteiger partial charge in [-0.05, 0) is 12.1 Å². The standard InChI is InChI=1S/C11H5Cl2FN4O2S/c12-9-10(13)16-5-17-11(9)18-21(19,20)8-3-1-2-7(14)6(8)4-15/h1-3,5H,(H,16,17,18). The summed E-state index contributed by atoms with van der Waals surface area (Å²) in [5.74, 6) is -1.22. The summed E-state index contributed by atoms with van der Waals surface area (Å²) >= 11 is 11.4. The molecule has 0 amide bonds. The minimum atomic E-state index is -4.26. The number of aromatic nitrogens is 2. The molecule has 0 fully saturated rings. The van der Waals surface area contributed by atoms with Gasteiger partial charge in [0.05, 0.1) is 0 Å². The number of anilines is 1. The molecule has 2 aromatic rings. The fourth-order valence-electron chi connectivity index (χ4n) is 1.44. The first-order chi connectivity index (χ1) is 9.86. The monoisotopic (exact) mass is 346 g/mol. The largest absolute Gasteiger partial charge is 0.264 e. The van der Waals surface area contributed by atoms with Crippen LogP contribution in [0.5, 0.6) is 0 Å². The van der Waals surface area contributed by atoms with E-state index in [2.05, 4.69) is 9.97 Å². The second kappa shape index (κ2) is 5.81. The van der Waals surface area contributed by atoms with Crippen molar-refractivity contribution in [2.45, 2.75) is 4.90 Å². The third-order valence-corrected chi connectivity index (χ3v) is 4.48. The Balaban J connectivity index is 2.52. The van der Waals surface area contributed by atoms with Gasteiger partial charge in [0.1, 0.15) is 33.7 Å². The zero-order valence-corrected chi connectivity index (χ0v) is 12.3. The highest BCUT2D eigenvalue weighted by atomic mass is 35.5. The van der Waals surface area contributed by atoms with E-state index in [-0.39, 0.29) is 16.0 Å². The van der Waals surface area contributed by atoms with E-state index in [9.17, 15) is 12.8 Å². The van der Waals surface area contributed by atoms with Crippen LogP contribution in [0.15, 0.2) is 29.4 Å². The number of nitriles is 1. The molecule has 0 radical (unpaired) electrons. The third-order valence-electron chi connectivity index (χ3n) is 2.35. The lowest BCUT2D eigenvalue weighted by atomic mass is 10.2. The first kappa shape index (κ1) is 15.4. The Labute approximate surface area is 129 Å². The number of nitrogens with zero attached hydrogens (tertiary/aromatic N) is 3. The van der Waals surface area contributed by atoms with Crippen LogP contribution in [0.25, 0.3) is 0 Å². The predicted octanol–water partition coefficient (Wildman–Crippen LogP) is 2.59. The molecule has 2 rings (SSSR count). The van der Waals surface area contributed by atoms with Gasteiger partial charge in [0.25, 0.3) is 10.0 Å². The van der Waals surface area contributed by atoms with Crippen molar-refractivity contribution >= 4 is 39.0 Å². The lowest BCUT2D eigenvalue weighted by molar-refractivity contribution is 0.593. The minimum absolute atomic E-state index is 0.149. The molecule has 0 saturated heterocycles. The maximum Gasteiger partial charge on any atom is 0.264 e. The van der Waals surface area contributed by atoms with Crippen LogP contribution in [0.3, 0.4) is 0 Å². The Morgan fingerprint density at radius 2 is 2.00 bits per heavy atom. The summed E-state index contributed by atoms with van der Waals surface area (Å²) < 4.78 is 39.9. The van der Waals surface area contributed by atoms with E-state index in [0.717, 1.165) is 18.5 Å². The number of halogens is 3. The molecule has 0 unspecified atom stereocenters. The third kappa shape index (κ3) is 3.05. The maximum atomic E-state index is 13.5. The van der Waals surface area contributed by atoms with Gasteiger partial charge >= 0.3 is 0 Å². The molecular weight excluding hydrogens is 342 g/mol. The molecule has 0 aliphatic heterocycles. The highest BCUT2D eigenvalue weighted by Crippen LogP contribution is 2.28. The summed E-state index contributed by atoms with van der Waals surface area (Å²) in [7, 11) is -4.26. The summed E-state index contributed by atoms with van der Waals surface area (Å²) in [6.07, 6.45) is 1.00. The second-order valence-corrected chi connectivity index (χ2v) is 6.04. The molecule has 1 aromatic heterocycles. The Hall–Kier alpha value is -1.95. The van der Waals surface area contributed by atoms with Crippen LogP contribution in [0, 0.1) is 17.1 Å². The van der Waals surface area contributed by atoms with Crippen LogP contribution in [-0.4, -0.2) is 18.4 Å². The van der Waals surface area contributed by atoms with Crippen molar-refractivity contribution in [2.24, 2.45) is 0 Å². The van der Waals surface area contributed by atoms with Crippen LogP contribution in [0.2, 0.25) is 10.2 Å². The van der Waals surface area contributed by atoms with Crippen LogP contribution >= 0.6 is 23.2 Å². The van der Waals surface area contributed by atoms with Gasteiger partial charge in [-0.3, -0.25) is 4.72 Å². The fourth-order valence-corrected chi connectivity index (χ4v) is 2.96. The molecule has 1 aromatic carbocycles. The first-order valence-electron chi connectivity index (χ1n) is 5.24. The molecule has 0 spiro atoms. The number of nitrogens with one attached hydrogen (secondary N) is 1. The predicted molar refractivity (Wildman–Crippen MR) is 74.0 cm³/mol. The molecule has 10 heteroatoms. The molecule has 0 atom stereocenters. The van der Waals surface area contributed by atoms with E-state index < -0.39 is 26.3 Å². The van der Waals surface area contributed by atoms with E-state index in [1.54, 1.807) is 0 Å². The Morgan fingerprint density at radius 1 is 1.29 bits per heavy atom. The summed E-state index contributed by atoms with van der Waals surface area (Å²) in [6.45, 7) is 0. The quantitative estimate of drug-likeness (QED) is 0.861. The average molecular weight is 347 g/mol. The normalized spacial score (nSPS) is 11.0. The first-order valence-corrected chi connectivity index (χ1v) is 7.48. The molecule has 0 aliphatic carbocycles. The van der Waals surface area contributed by atoms with Crippen molar-refractivity contribution in [3.63, 3.8) is 0 Å². The molecule has 1 heterocycles. The van der Waals surface area contributed by atoms with Gasteiger partial charge in [-0.15, -0.1) is 0 Å². The zero-order chi connectivity index (χ0) is 15.6. The lowest BCUT2D eigenvalue weighted by Crippen LogP contribution is -2.16. The van der Waals surface area contributed by atoms with Gasteiger partial charge in [-0.25, -0.2) is 22.8 Å². The van der Waals surface area contributed by atoms with Gasteiger partial charge in [-0.1, -0.05) is 29.3 Å². The Kier molecular flexibility index (Phi) is 4.27. The van der Waals surface area contributed by atoms with Crippen molar-refractivity contribution in [1.29, 1.82) is 5.26 Å². The minimum Gasteiger partial charge on any atom is -0.262 e. The number of benzene rings is 1. The van der Waals surface area contributed by atoms with E-state index in [1.165, 1.54) is 12.1 Å². The zero-order valence-electron chi connectivity index (χ0n) is 10.0. The highest BCUT2D eigenvalue weighted by Gasteiger charge is 2.23. The number of hydrogen-bond acceptors (Lipinski definition) is 5. The van der Waals surface area contributed by atoms with E-state index in [4.69, 9.17) is 28.5 Å². The number of hydrogen-bond donors (Lipinski definition) is 1. The number of sulfonamides is 1. The average Bonchev–Trinajstić information content (AvgIpc) is 2.43. The topological polar surface area (TPSA) is 95.7 Å². The van der Waals surface area contributed by atoms with Gasteiger partial charge in [0.15, 0.2) is 11.0 Å². The molecule has 0 saturated carbocycles. The summed E-state index contributed by atoms with van der Waals surface area (Å²) in [5, 5.41) is 8.51. The molecule has 0 bridgehead atoms. The van der Waals surface area contributed by atoms with Crippen LogP contribution in [0.4, 0.5) is 10.2 Å². The lowest BCUT2D eigenvalue weighted by Gasteiger charge is -2.10. The summed E-state index contributed by atoms with van der Waals surface area (Å²) in [4.78, 5) is 6.67. The van der Waals surface area contributed by atoms with E-state index >= 15 is 0 Å². The van der Waals surface area contributed by atoms with Crippen molar-refractivity contribution in [1.82, 2.24) is 9.97 Å². The molecule has 0 aliphatic rings. The van der Waals surface area contributed by atoms with Crippen molar-refractivity contribution in [3.05, 3.63) is 46.1 Å². The SMILES string of the molecule is N#Cc1c(F)cccc1S(=O)(=O)Nc1ncnc(Cl)c1Cl. The van der Waals surface area contributed by atoms with Crippen LogP contribution in [-0.2, 0) is 10.0 Å². The van der Waals surface area contributed by atoms with Gasteiger partial charge in [-0.2, -0.15) is 5.26 Å². The van der Waals surface area contributed by atoms with Crippen molar-refractivity contribution in [2.75, 3.05) is 4.72 Å². The Morgan fingerprint density at radius 3 is 2.67 bits per heavy atom. The smallest absolute Gasteiger partial charge is 0.262 e. The van der Waals surface area contributed by atoms with Gasteiger partial charge < -0.3 is 0 Å². The van der Waals surface area contributed by atoms with Crippen molar-refractivity contribution < 1.29 is 12.8 Å². The number of rotatable bonds is 3. The second-order valence-electron chi connectivity index (χ2n) is 3.66. The van der Waals surface area contributed by atoms with Gasteiger partial charge in [0, 0.05) is 0 Å². The molecule has 21 heavy (non-hydrogen) atoms. The van der Waals surface area contributed by atoms with Crippen LogP contribution in [0.1, 0.15) is 5.56 Å². The molecular formula is C11H5Cl2FN4O2S. The maximum absolute atomic E-state index is 13.5.